The van der Waals surface area contributed by atoms with Crippen LogP contribution < -0.4 is 4.74 Å². The van der Waals surface area contributed by atoms with Crippen molar-refractivity contribution >= 4 is 5.57 Å². The summed E-state index contributed by atoms with van der Waals surface area (Å²) in [6.07, 6.45) is 6.25. The van der Waals surface area contributed by atoms with Crippen LogP contribution in [0.2, 0.25) is 0 Å². The lowest BCUT2D eigenvalue weighted by Crippen LogP contribution is -2.21. The zero-order valence-corrected chi connectivity index (χ0v) is 8.20. The Balaban J connectivity index is 2.11. The Hall–Kier alpha value is -1.24. The summed E-state index contributed by atoms with van der Waals surface area (Å²) >= 11 is 0. The second kappa shape index (κ2) is 3.16. The highest BCUT2D eigenvalue weighted by atomic mass is 16.5. The Morgan fingerprint density at radius 3 is 3.14 bits per heavy atom. The molecule has 1 aliphatic carbocycles. The van der Waals surface area contributed by atoms with Gasteiger partial charge in [0.2, 0.25) is 0 Å². The number of para-hydroxylation sites is 1. The summed E-state index contributed by atoms with van der Waals surface area (Å²) in [5.74, 6) is 1.72. The van der Waals surface area contributed by atoms with Gasteiger partial charge in [0.15, 0.2) is 0 Å². The molecule has 0 spiro atoms. The number of allylic oxidation sites excluding steroid dienone is 1. The van der Waals surface area contributed by atoms with Gasteiger partial charge in [0.05, 0.1) is 6.61 Å². The predicted octanol–water partition coefficient (Wildman–Crippen LogP) is 3.26. The lowest BCUT2D eigenvalue weighted by molar-refractivity contribution is 0.255. The lowest BCUT2D eigenvalue weighted by Gasteiger charge is -2.30. The van der Waals surface area contributed by atoms with Gasteiger partial charge in [0, 0.05) is 11.5 Å². The maximum Gasteiger partial charge on any atom is 0.126 e. The molecular formula is C13H14O. The second-order valence-electron chi connectivity index (χ2n) is 4.09. The van der Waals surface area contributed by atoms with Crippen LogP contribution in [0.4, 0.5) is 0 Å². The van der Waals surface area contributed by atoms with Crippen LogP contribution in [-0.2, 0) is 0 Å². The number of hydrogen-bond donors (Lipinski definition) is 0. The van der Waals surface area contributed by atoms with E-state index in [-0.39, 0.29) is 0 Å². The van der Waals surface area contributed by atoms with E-state index in [1.807, 2.05) is 6.07 Å². The van der Waals surface area contributed by atoms with Gasteiger partial charge in [-0.1, -0.05) is 24.3 Å². The van der Waals surface area contributed by atoms with Crippen molar-refractivity contribution in [3.63, 3.8) is 0 Å². The molecule has 2 aliphatic rings. The van der Waals surface area contributed by atoms with E-state index < -0.39 is 0 Å². The number of fused-ring (bicyclic) bond motifs is 3. The molecule has 14 heavy (non-hydrogen) atoms. The minimum absolute atomic E-state index is 0.652. The Morgan fingerprint density at radius 2 is 2.14 bits per heavy atom. The fourth-order valence-corrected chi connectivity index (χ4v) is 2.47. The smallest absolute Gasteiger partial charge is 0.126 e. The first-order chi connectivity index (χ1) is 6.95. The van der Waals surface area contributed by atoms with Crippen molar-refractivity contribution in [2.24, 2.45) is 5.92 Å². The molecule has 0 saturated carbocycles. The third kappa shape index (κ3) is 1.16. The standard InChI is InChI=1S/C13H14O/c1-2-6-11-10(5-1)9-14-13-8-4-3-7-12(11)13/h3-4,6-8,10H,1-2,5,9H2/t10-/m1/s1. The maximum absolute atomic E-state index is 5.75. The molecule has 1 heteroatoms. The maximum atomic E-state index is 5.75. The van der Waals surface area contributed by atoms with Gasteiger partial charge in [0.25, 0.3) is 0 Å². The number of benzene rings is 1. The summed E-state index contributed by atoms with van der Waals surface area (Å²) < 4.78 is 5.75. The molecule has 1 aliphatic heterocycles. The fourth-order valence-electron chi connectivity index (χ4n) is 2.47. The van der Waals surface area contributed by atoms with Gasteiger partial charge in [-0.15, -0.1) is 0 Å². The van der Waals surface area contributed by atoms with Gasteiger partial charge < -0.3 is 4.74 Å². The van der Waals surface area contributed by atoms with E-state index >= 15 is 0 Å². The van der Waals surface area contributed by atoms with Crippen LogP contribution >= 0.6 is 0 Å². The van der Waals surface area contributed by atoms with Crippen LogP contribution in [0.25, 0.3) is 5.57 Å². The molecule has 0 fully saturated rings. The number of ether oxygens (including phenoxy) is 1. The summed E-state index contributed by atoms with van der Waals surface area (Å²) in [5.41, 5.74) is 2.85. The quantitative estimate of drug-likeness (QED) is 0.604. The summed E-state index contributed by atoms with van der Waals surface area (Å²) in [6.45, 7) is 0.878. The van der Waals surface area contributed by atoms with E-state index in [1.54, 1.807) is 0 Å². The molecule has 72 valence electrons. The van der Waals surface area contributed by atoms with Crippen molar-refractivity contribution in [1.82, 2.24) is 0 Å². The van der Waals surface area contributed by atoms with Crippen LogP contribution in [0.1, 0.15) is 24.8 Å². The van der Waals surface area contributed by atoms with E-state index in [2.05, 4.69) is 24.3 Å². The molecule has 0 N–H and O–H groups in total. The molecule has 0 aromatic heterocycles. The molecule has 0 unspecified atom stereocenters. The minimum Gasteiger partial charge on any atom is -0.492 e. The molecule has 0 radical (unpaired) electrons. The van der Waals surface area contributed by atoms with E-state index in [1.165, 1.54) is 30.4 Å². The van der Waals surface area contributed by atoms with Crippen LogP contribution in [0, 0.1) is 5.92 Å². The summed E-state index contributed by atoms with van der Waals surface area (Å²) in [6, 6.07) is 8.39. The van der Waals surface area contributed by atoms with E-state index in [9.17, 15) is 0 Å². The fraction of sp³-hybridized carbons (Fsp3) is 0.385. The first-order valence-electron chi connectivity index (χ1n) is 5.37. The Bertz CT molecular complexity index is 379. The monoisotopic (exact) mass is 186 g/mol. The van der Waals surface area contributed by atoms with Crippen molar-refractivity contribution in [2.75, 3.05) is 6.61 Å². The largest absolute Gasteiger partial charge is 0.492 e. The minimum atomic E-state index is 0.652. The predicted molar refractivity (Wildman–Crippen MR) is 57.3 cm³/mol. The molecule has 1 aromatic rings. The van der Waals surface area contributed by atoms with Gasteiger partial charge in [0.1, 0.15) is 5.75 Å². The van der Waals surface area contributed by atoms with E-state index in [0.29, 0.717) is 5.92 Å². The van der Waals surface area contributed by atoms with E-state index in [0.717, 1.165) is 12.4 Å². The first kappa shape index (κ1) is 8.10. The highest BCUT2D eigenvalue weighted by molar-refractivity contribution is 5.74. The SMILES string of the molecule is C1=C2c3ccccc3OC[C@H]2CCC1. The number of hydrogen-bond acceptors (Lipinski definition) is 1. The highest BCUT2D eigenvalue weighted by Gasteiger charge is 2.26. The molecule has 0 saturated heterocycles. The molecule has 1 atom stereocenters. The summed E-state index contributed by atoms with van der Waals surface area (Å²) in [5, 5.41) is 0. The van der Waals surface area contributed by atoms with Crippen LogP contribution in [0.3, 0.4) is 0 Å². The average molecular weight is 186 g/mol. The van der Waals surface area contributed by atoms with Gasteiger partial charge >= 0.3 is 0 Å². The van der Waals surface area contributed by atoms with Gasteiger partial charge in [-0.05, 0) is 30.9 Å². The topological polar surface area (TPSA) is 9.23 Å². The molecule has 1 aromatic carbocycles. The third-order valence-corrected chi connectivity index (χ3v) is 3.20. The zero-order chi connectivity index (χ0) is 9.38. The average Bonchev–Trinajstić information content (AvgIpc) is 2.29. The van der Waals surface area contributed by atoms with Crippen molar-refractivity contribution in [1.29, 1.82) is 0 Å². The Morgan fingerprint density at radius 1 is 1.21 bits per heavy atom. The first-order valence-corrected chi connectivity index (χ1v) is 5.37. The van der Waals surface area contributed by atoms with Crippen molar-refractivity contribution in [3.05, 3.63) is 35.9 Å². The lowest BCUT2D eigenvalue weighted by atomic mass is 9.82. The van der Waals surface area contributed by atoms with Gasteiger partial charge in [-0.3, -0.25) is 0 Å². The number of rotatable bonds is 0. The normalized spacial score (nSPS) is 24.3. The Kier molecular flexibility index (Phi) is 1.83. The Labute approximate surface area is 84.4 Å². The van der Waals surface area contributed by atoms with Crippen molar-refractivity contribution < 1.29 is 4.74 Å². The summed E-state index contributed by atoms with van der Waals surface area (Å²) in [7, 11) is 0. The van der Waals surface area contributed by atoms with Crippen molar-refractivity contribution in [2.45, 2.75) is 19.3 Å². The molecular weight excluding hydrogens is 172 g/mol. The molecule has 1 heterocycles. The molecule has 0 bridgehead atoms. The van der Waals surface area contributed by atoms with Crippen molar-refractivity contribution in [3.8, 4) is 5.75 Å². The molecule has 1 nitrogen and oxygen atoms in total. The van der Waals surface area contributed by atoms with Crippen LogP contribution in [0.15, 0.2) is 30.3 Å². The third-order valence-electron chi connectivity index (χ3n) is 3.20. The summed E-state index contributed by atoms with van der Waals surface area (Å²) in [4.78, 5) is 0. The van der Waals surface area contributed by atoms with Gasteiger partial charge in [-0.25, -0.2) is 0 Å². The van der Waals surface area contributed by atoms with Crippen LogP contribution in [-0.4, -0.2) is 6.61 Å². The molecule has 3 rings (SSSR count). The zero-order valence-electron chi connectivity index (χ0n) is 8.20. The second-order valence-corrected chi connectivity index (χ2v) is 4.09. The molecule has 0 amide bonds. The van der Waals surface area contributed by atoms with Gasteiger partial charge in [-0.2, -0.15) is 0 Å². The van der Waals surface area contributed by atoms with E-state index in [4.69, 9.17) is 4.74 Å². The highest BCUT2D eigenvalue weighted by Crippen LogP contribution is 2.40. The van der Waals surface area contributed by atoms with Crippen LogP contribution in [0.5, 0.6) is 5.75 Å².